The van der Waals surface area contributed by atoms with Gasteiger partial charge >= 0.3 is 0 Å². The van der Waals surface area contributed by atoms with E-state index in [1.54, 1.807) is 31.4 Å². The minimum absolute atomic E-state index is 0.157. The summed E-state index contributed by atoms with van der Waals surface area (Å²) in [5.74, 6) is 0.678. The number of amides is 1. The van der Waals surface area contributed by atoms with E-state index in [-0.39, 0.29) is 17.2 Å². The van der Waals surface area contributed by atoms with Gasteiger partial charge in [0.1, 0.15) is 5.75 Å². The minimum Gasteiger partial charge on any atom is -0.497 e. The lowest BCUT2D eigenvalue weighted by Crippen LogP contribution is -2.27. The largest absolute Gasteiger partial charge is 0.497 e. The molecule has 23 heavy (non-hydrogen) atoms. The monoisotopic (exact) mass is 312 g/mol. The van der Waals surface area contributed by atoms with E-state index in [2.05, 4.69) is 10.3 Å². The number of ether oxygens (including phenoxy) is 1. The lowest BCUT2D eigenvalue weighted by atomic mass is 10.1. The summed E-state index contributed by atoms with van der Waals surface area (Å²) in [6.07, 6.45) is 1.87. The van der Waals surface area contributed by atoms with Crippen LogP contribution in [0.3, 0.4) is 0 Å². The summed E-state index contributed by atoms with van der Waals surface area (Å²) < 4.78 is 10.2. The zero-order valence-corrected chi connectivity index (χ0v) is 12.6. The second-order valence-corrected chi connectivity index (χ2v) is 5.06. The number of pyridine rings is 1. The van der Waals surface area contributed by atoms with Crippen molar-refractivity contribution in [2.24, 2.45) is 0 Å². The van der Waals surface area contributed by atoms with Gasteiger partial charge in [0.15, 0.2) is 5.76 Å². The second kappa shape index (κ2) is 6.39. The highest BCUT2D eigenvalue weighted by molar-refractivity contribution is 5.91. The normalized spacial score (nSPS) is 10.7. The van der Waals surface area contributed by atoms with Crippen LogP contribution in [-0.4, -0.2) is 24.5 Å². The number of carbonyl (C=O) groups is 1. The summed E-state index contributed by atoms with van der Waals surface area (Å²) in [5, 5.41) is 3.61. The average Bonchev–Trinajstić information content (AvgIpc) is 3.09. The zero-order valence-electron chi connectivity index (χ0n) is 12.6. The van der Waals surface area contributed by atoms with Crippen molar-refractivity contribution in [3.8, 4) is 5.75 Å². The van der Waals surface area contributed by atoms with Crippen molar-refractivity contribution >= 4 is 16.8 Å². The number of aromatic nitrogens is 1. The molecule has 2 N–H and O–H groups in total. The van der Waals surface area contributed by atoms with E-state index >= 15 is 0 Å². The molecule has 118 valence electrons. The topological polar surface area (TPSA) is 84.3 Å². The highest BCUT2D eigenvalue weighted by Gasteiger charge is 2.09. The predicted octanol–water partition coefficient (Wildman–Crippen LogP) is 2.10. The molecule has 0 bridgehead atoms. The number of methoxy groups -OCH3 is 1. The predicted molar refractivity (Wildman–Crippen MR) is 85.9 cm³/mol. The first-order valence-electron chi connectivity index (χ1n) is 7.19. The number of hydrogen-bond donors (Lipinski definition) is 2. The van der Waals surface area contributed by atoms with Crippen molar-refractivity contribution in [2.75, 3.05) is 13.7 Å². The van der Waals surface area contributed by atoms with E-state index in [1.807, 2.05) is 12.1 Å². The Bertz CT molecular complexity index is 881. The number of H-pyrrole nitrogens is 1. The van der Waals surface area contributed by atoms with Gasteiger partial charge in [0.25, 0.3) is 11.5 Å². The Hall–Kier alpha value is -3.02. The molecule has 0 aliphatic carbocycles. The molecule has 0 saturated carbocycles. The summed E-state index contributed by atoms with van der Waals surface area (Å²) >= 11 is 0. The molecule has 3 aromatic rings. The number of furan rings is 1. The van der Waals surface area contributed by atoms with E-state index in [1.165, 1.54) is 6.26 Å². The number of nitrogens with one attached hydrogen (secondary N) is 2. The van der Waals surface area contributed by atoms with Crippen LogP contribution in [0.2, 0.25) is 0 Å². The van der Waals surface area contributed by atoms with E-state index in [9.17, 15) is 9.59 Å². The van der Waals surface area contributed by atoms with Crippen molar-refractivity contribution in [1.82, 2.24) is 10.3 Å². The molecule has 1 amide bonds. The molecule has 0 saturated heterocycles. The van der Waals surface area contributed by atoms with Crippen LogP contribution < -0.4 is 15.6 Å². The number of carbonyl (C=O) groups excluding carboxylic acids is 1. The van der Waals surface area contributed by atoms with Crippen LogP contribution in [0.5, 0.6) is 5.75 Å². The molecule has 6 heteroatoms. The SMILES string of the molecule is COc1ccc2[nH]c(=O)c(CCNC(=O)c3ccco3)cc2c1. The fraction of sp³-hybridized carbons (Fsp3) is 0.176. The number of hydrogen-bond acceptors (Lipinski definition) is 4. The van der Waals surface area contributed by atoms with E-state index in [0.29, 0.717) is 18.5 Å². The van der Waals surface area contributed by atoms with Crippen molar-refractivity contribution in [2.45, 2.75) is 6.42 Å². The van der Waals surface area contributed by atoms with E-state index < -0.39 is 0 Å². The Morgan fingerprint density at radius 1 is 1.30 bits per heavy atom. The van der Waals surface area contributed by atoms with Gasteiger partial charge in [-0.25, -0.2) is 0 Å². The Morgan fingerprint density at radius 3 is 2.91 bits per heavy atom. The molecule has 1 aromatic carbocycles. The molecule has 0 radical (unpaired) electrons. The van der Waals surface area contributed by atoms with Crippen LogP contribution in [0.4, 0.5) is 0 Å². The van der Waals surface area contributed by atoms with Crippen LogP contribution in [0.1, 0.15) is 16.1 Å². The van der Waals surface area contributed by atoms with E-state index in [4.69, 9.17) is 9.15 Å². The summed E-state index contributed by atoms with van der Waals surface area (Å²) in [7, 11) is 1.60. The fourth-order valence-electron chi connectivity index (χ4n) is 2.35. The summed E-state index contributed by atoms with van der Waals surface area (Å²) in [6, 6.07) is 10.5. The van der Waals surface area contributed by atoms with Gasteiger partial charge in [-0.05, 0) is 42.8 Å². The number of aromatic amines is 1. The third-order valence-corrected chi connectivity index (χ3v) is 3.55. The van der Waals surface area contributed by atoms with Gasteiger partial charge in [0.2, 0.25) is 0 Å². The van der Waals surface area contributed by atoms with Crippen molar-refractivity contribution in [1.29, 1.82) is 0 Å². The Kier molecular flexibility index (Phi) is 4.14. The maximum Gasteiger partial charge on any atom is 0.286 e. The molecule has 2 aromatic heterocycles. The van der Waals surface area contributed by atoms with Gasteiger partial charge < -0.3 is 19.5 Å². The van der Waals surface area contributed by atoms with Crippen LogP contribution in [0.15, 0.2) is 51.9 Å². The first-order chi connectivity index (χ1) is 11.2. The molecule has 0 aliphatic heterocycles. The third-order valence-electron chi connectivity index (χ3n) is 3.55. The highest BCUT2D eigenvalue weighted by Crippen LogP contribution is 2.18. The number of benzene rings is 1. The van der Waals surface area contributed by atoms with Crippen molar-refractivity contribution < 1.29 is 13.9 Å². The van der Waals surface area contributed by atoms with Crippen molar-refractivity contribution in [3.63, 3.8) is 0 Å². The lowest BCUT2D eigenvalue weighted by molar-refractivity contribution is 0.0926. The Labute approximate surface area is 132 Å². The molecule has 2 heterocycles. The molecule has 0 spiro atoms. The average molecular weight is 312 g/mol. The maximum absolute atomic E-state index is 12.1. The molecule has 0 aliphatic rings. The van der Waals surface area contributed by atoms with Crippen molar-refractivity contribution in [3.05, 3.63) is 64.3 Å². The molecule has 0 atom stereocenters. The standard InChI is InChI=1S/C17H16N2O4/c1-22-13-4-5-14-12(10-13)9-11(16(20)19-14)6-7-18-17(21)15-3-2-8-23-15/h2-5,8-10H,6-7H2,1H3,(H,18,21)(H,19,20). The summed E-state index contributed by atoms with van der Waals surface area (Å²) in [5.41, 5.74) is 1.19. The van der Waals surface area contributed by atoms with Crippen LogP contribution in [-0.2, 0) is 6.42 Å². The summed E-state index contributed by atoms with van der Waals surface area (Å²) in [4.78, 5) is 26.7. The smallest absolute Gasteiger partial charge is 0.286 e. The number of fused-ring (bicyclic) bond motifs is 1. The lowest BCUT2D eigenvalue weighted by Gasteiger charge is -2.06. The van der Waals surface area contributed by atoms with Crippen LogP contribution in [0, 0.1) is 0 Å². The molecule has 6 nitrogen and oxygen atoms in total. The maximum atomic E-state index is 12.1. The van der Waals surface area contributed by atoms with Gasteiger partial charge in [0, 0.05) is 23.0 Å². The highest BCUT2D eigenvalue weighted by atomic mass is 16.5. The van der Waals surface area contributed by atoms with Crippen LogP contribution in [0.25, 0.3) is 10.9 Å². The first-order valence-corrected chi connectivity index (χ1v) is 7.19. The van der Waals surface area contributed by atoms with Gasteiger partial charge in [-0.1, -0.05) is 0 Å². The molecular formula is C17H16N2O4. The molecule has 0 unspecified atom stereocenters. The van der Waals surface area contributed by atoms with E-state index in [0.717, 1.165) is 16.7 Å². The van der Waals surface area contributed by atoms with Gasteiger partial charge in [-0.3, -0.25) is 9.59 Å². The van der Waals surface area contributed by atoms with Gasteiger partial charge in [-0.15, -0.1) is 0 Å². The van der Waals surface area contributed by atoms with Gasteiger partial charge in [-0.2, -0.15) is 0 Å². The van der Waals surface area contributed by atoms with Gasteiger partial charge in [0.05, 0.1) is 13.4 Å². The Balaban J connectivity index is 1.73. The first kappa shape index (κ1) is 14.9. The molecule has 0 fully saturated rings. The van der Waals surface area contributed by atoms with Crippen LogP contribution >= 0.6 is 0 Å². The minimum atomic E-state index is -0.297. The second-order valence-electron chi connectivity index (χ2n) is 5.06. The quantitative estimate of drug-likeness (QED) is 0.755. The molecule has 3 rings (SSSR count). The molecular weight excluding hydrogens is 296 g/mol. The third kappa shape index (κ3) is 3.26. The Morgan fingerprint density at radius 2 is 2.17 bits per heavy atom. The zero-order chi connectivity index (χ0) is 16.2. The fourth-order valence-corrected chi connectivity index (χ4v) is 2.35. The summed E-state index contributed by atoms with van der Waals surface area (Å²) in [6.45, 7) is 0.345. The number of rotatable bonds is 5.